The van der Waals surface area contributed by atoms with E-state index >= 15 is 0 Å². The van der Waals surface area contributed by atoms with Gasteiger partial charge in [0.1, 0.15) is 0 Å². The van der Waals surface area contributed by atoms with Crippen molar-refractivity contribution in [2.24, 2.45) is 5.73 Å². The van der Waals surface area contributed by atoms with Crippen molar-refractivity contribution in [3.05, 3.63) is 36.0 Å². The number of carbonyl (C=O) groups excluding carboxylic acids is 2. The second-order valence-electron chi connectivity index (χ2n) is 4.77. The SMILES string of the molecule is CC(C)N(CC(N)=O)C(=O)c1ccc2cc[nH]c2c1. The lowest BCUT2D eigenvalue weighted by molar-refractivity contribution is -0.119. The highest BCUT2D eigenvalue weighted by atomic mass is 16.2. The van der Waals surface area contributed by atoms with Crippen LogP contribution in [0.15, 0.2) is 30.5 Å². The Morgan fingerprint density at radius 2 is 2.05 bits per heavy atom. The molecule has 5 heteroatoms. The van der Waals surface area contributed by atoms with E-state index in [1.165, 1.54) is 4.90 Å². The Morgan fingerprint density at radius 3 is 2.68 bits per heavy atom. The summed E-state index contributed by atoms with van der Waals surface area (Å²) in [6.07, 6.45) is 1.82. The molecule has 2 amide bonds. The van der Waals surface area contributed by atoms with Gasteiger partial charge in [-0.3, -0.25) is 9.59 Å². The molecule has 0 bridgehead atoms. The van der Waals surface area contributed by atoms with Gasteiger partial charge in [-0.25, -0.2) is 0 Å². The second kappa shape index (κ2) is 5.14. The molecule has 0 saturated heterocycles. The minimum atomic E-state index is -0.511. The molecule has 0 radical (unpaired) electrons. The van der Waals surface area contributed by atoms with Gasteiger partial charge in [-0.05, 0) is 37.4 Å². The molecular weight excluding hydrogens is 242 g/mol. The van der Waals surface area contributed by atoms with Crippen molar-refractivity contribution in [3.63, 3.8) is 0 Å². The van der Waals surface area contributed by atoms with Gasteiger partial charge < -0.3 is 15.6 Å². The van der Waals surface area contributed by atoms with Gasteiger partial charge in [0, 0.05) is 23.3 Å². The van der Waals surface area contributed by atoms with Crippen LogP contribution < -0.4 is 5.73 Å². The fraction of sp³-hybridized carbons (Fsp3) is 0.286. The number of fused-ring (bicyclic) bond motifs is 1. The van der Waals surface area contributed by atoms with Crippen LogP contribution in [-0.2, 0) is 4.79 Å². The summed E-state index contributed by atoms with van der Waals surface area (Å²) >= 11 is 0. The van der Waals surface area contributed by atoms with Crippen LogP contribution >= 0.6 is 0 Å². The van der Waals surface area contributed by atoms with Crippen LogP contribution in [-0.4, -0.2) is 34.3 Å². The van der Waals surface area contributed by atoms with E-state index in [1.807, 2.05) is 32.2 Å². The molecule has 1 aromatic carbocycles. The first kappa shape index (κ1) is 13.1. The largest absolute Gasteiger partial charge is 0.368 e. The topological polar surface area (TPSA) is 79.2 Å². The van der Waals surface area contributed by atoms with E-state index in [9.17, 15) is 9.59 Å². The first-order chi connectivity index (χ1) is 8.99. The Kier molecular flexibility index (Phi) is 3.55. The van der Waals surface area contributed by atoms with E-state index in [1.54, 1.807) is 12.1 Å². The Hall–Kier alpha value is -2.30. The Morgan fingerprint density at radius 1 is 1.32 bits per heavy atom. The molecular formula is C14H17N3O2. The van der Waals surface area contributed by atoms with E-state index < -0.39 is 5.91 Å². The van der Waals surface area contributed by atoms with Gasteiger partial charge in [0.05, 0.1) is 6.54 Å². The van der Waals surface area contributed by atoms with Crippen molar-refractivity contribution < 1.29 is 9.59 Å². The number of rotatable bonds is 4. The molecule has 0 atom stereocenters. The summed E-state index contributed by atoms with van der Waals surface area (Å²) < 4.78 is 0. The van der Waals surface area contributed by atoms with Crippen molar-refractivity contribution >= 4 is 22.7 Å². The van der Waals surface area contributed by atoms with Crippen LogP contribution in [0.3, 0.4) is 0 Å². The Labute approximate surface area is 111 Å². The highest BCUT2D eigenvalue weighted by molar-refractivity contribution is 5.99. The molecule has 0 aliphatic carbocycles. The van der Waals surface area contributed by atoms with E-state index in [4.69, 9.17) is 5.73 Å². The van der Waals surface area contributed by atoms with Crippen LogP contribution in [0.2, 0.25) is 0 Å². The summed E-state index contributed by atoms with van der Waals surface area (Å²) in [7, 11) is 0. The summed E-state index contributed by atoms with van der Waals surface area (Å²) in [6.45, 7) is 3.64. The lowest BCUT2D eigenvalue weighted by Gasteiger charge is -2.25. The third-order valence-corrected chi connectivity index (χ3v) is 3.01. The molecule has 100 valence electrons. The quantitative estimate of drug-likeness (QED) is 0.872. The van der Waals surface area contributed by atoms with Gasteiger partial charge in [0.25, 0.3) is 5.91 Å². The maximum atomic E-state index is 12.4. The Balaban J connectivity index is 2.32. The lowest BCUT2D eigenvalue weighted by atomic mass is 10.1. The highest BCUT2D eigenvalue weighted by Crippen LogP contribution is 2.16. The van der Waals surface area contributed by atoms with Crippen molar-refractivity contribution in [3.8, 4) is 0 Å². The summed E-state index contributed by atoms with van der Waals surface area (Å²) in [5, 5.41) is 1.04. The number of hydrogen-bond acceptors (Lipinski definition) is 2. The van der Waals surface area contributed by atoms with E-state index in [0.29, 0.717) is 5.56 Å². The van der Waals surface area contributed by atoms with Crippen LogP contribution in [0.5, 0.6) is 0 Å². The van der Waals surface area contributed by atoms with E-state index in [0.717, 1.165) is 10.9 Å². The van der Waals surface area contributed by atoms with E-state index in [-0.39, 0.29) is 18.5 Å². The second-order valence-corrected chi connectivity index (χ2v) is 4.77. The van der Waals surface area contributed by atoms with Crippen LogP contribution in [0.25, 0.3) is 10.9 Å². The maximum Gasteiger partial charge on any atom is 0.254 e. The minimum absolute atomic E-state index is 0.0702. The average Bonchev–Trinajstić information content (AvgIpc) is 2.81. The molecule has 3 N–H and O–H groups in total. The lowest BCUT2D eigenvalue weighted by Crippen LogP contribution is -2.42. The number of benzene rings is 1. The van der Waals surface area contributed by atoms with Crippen LogP contribution in [0.4, 0.5) is 0 Å². The minimum Gasteiger partial charge on any atom is -0.368 e. The number of carbonyl (C=O) groups is 2. The normalized spacial score (nSPS) is 10.9. The number of aromatic nitrogens is 1. The number of nitrogens with zero attached hydrogens (tertiary/aromatic N) is 1. The van der Waals surface area contributed by atoms with Crippen molar-refractivity contribution in [1.29, 1.82) is 0 Å². The third-order valence-electron chi connectivity index (χ3n) is 3.01. The van der Waals surface area contributed by atoms with Gasteiger partial charge in [0.2, 0.25) is 5.91 Å². The molecule has 0 aliphatic heterocycles. The smallest absolute Gasteiger partial charge is 0.254 e. The highest BCUT2D eigenvalue weighted by Gasteiger charge is 2.20. The van der Waals surface area contributed by atoms with Gasteiger partial charge in [0.15, 0.2) is 0 Å². The van der Waals surface area contributed by atoms with Gasteiger partial charge in [-0.2, -0.15) is 0 Å². The molecule has 1 heterocycles. The molecule has 1 aromatic heterocycles. The van der Waals surface area contributed by atoms with Gasteiger partial charge >= 0.3 is 0 Å². The summed E-state index contributed by atoms with van der Waals surface area (Å²) in [6, 6.07) is 7.28. The molecule has 2 aromatic rings. The number of H-pyrrole nitrogens is 1. The van der Waals surface area contributed by atoms with Crippen LogP contribution in [0, 0.1) is 0 Å². The van der Waals surface area contributed by atoms with Crippen LogP contribution in [0.1, 0.15) is 24.2 Å². The summed E-state index contributed by atoms with van der Waals surface area (Å²) in [4.78, 5) is 28.0. The molecule has 0 saturated carbocycles. The summed E-state index contributed by atoms with van der Waals surface area (Å²) in [5.74, 6) is -0.701. The molecule has 0 spiro atoms. The zero-order chi connectivity index (χ0) is 14.0. The number of hydrogen-bond donors (Lipinski definition) is 2. The van der Waals surface area contributed by atoms with Gasteiger partial charge in [-0.1, -0.05) is 6.07 Å². The predicted molar refractivity (Wildman–Crippen MR) is 73.7 cm³/mol. The van der Waals surface area contributed by atoms with Crippen molar-refractivity contribution in [1.82, 2.24) is 9.88 Å². The standard InChI is InChI=1S/C14H17N3O2/c1-9(2)17(8-13(15)18)14(19)11-4-3-10-5-6-16-12(10)7-11/h3-7,9,16H,8H2,1-2H3,(H2,15,18). The van der Waals surface area contributed by atoms with Crippen molar-refractivity contribution in [2.75, 3.05) is 6.54 Å². The number of amides is 2. The number of primary amides is 1. The van der Waals surface area contributed by atoms with Crippen molar-refractivity contribution in [2.45, 2.75) is 19.9 Å². The zero-order valence-electron chi connectivity index (χ0n) is 11.0. The fourth-order valence-corrected chi connectivity index (χ4v) is 2.00. The zero-order valence-corrected chi connectivity index (χ0v) is 11.0. The third kappa shape index (κ3) is 2.76. The number of nitrogens with one attached hydrogen (secondary N) is 1. The Bertz CT molecular complexity index is 616. The average molecular weight is 259 g/mol. The predicted octanol–water partition coefficient (Wildman–Crippen LogP) is 1.50. The molecule has 0 unspecified atom stereocenters. The molecule has 19 heavy (non-hydrogen) atoms. The summed E-state index contributed by atoms with van der Waals surface area (Å²) in [5.41, 5.74) is 6.63. The molecule has 2 rings (SSSR count). The monoisotopic (exact) mass is 259 g/mol. The number of aromatic amines is 1. The molecule has 0 aliphatic rings. The molecule has 0 fully saturated rings. The maximum absolute atomic E-state index is 12.4. The first-order valence-corrected chi connectivity index (χ1v) is 6.15. The number of nitrogens with two attached hydrogens (primary N) is 1. The first-order valence-electron chi connectivity index (χ1n) is 6.15. The van der Waals surface area contributed by atoms with Gasteiger partial charge in [-0.15, -0.1) is 0 Å². The molecule has 5 nitrogen and oxygen atoms in total. The van der Waals surface area contributed by atoms with E-state index in [2.05, 4.69) is 4.98 Å². The fourth-order valence-electron chi connectivity index (χ4n) is 2.00.